The molecule has 0 bridgehead atoms. The minimum Gasteiger partial charge on any atom is -0.468 e. The van der Waals surface area contributed by atoms with Crippen LogP contribution in [0.15, 0.2) is 47.1 Å². The van der Waals surface area contributed by atoms with Crippen LogP contribution in [-0.2, 0) is 11.2 Å². The summed E-state index contributed by atoms with van der Waals surface area (Å²) in [5, 5.41) is 2.97. The van der Waals surface area contributed by atoms with Gasteiger partial charge in [-0.2, -0.15) is 0 Å². The van der Waals surface area contributed by atoms with Crippen molar-refractivity contribution in [2.24, 2.45) is 0 Å². The quantitative estimate of drug-likeness (QED) is 0.699. The second-order valence-corrected chi connectivity index (χ2v) is 6.00. The number of rotatable bonds is 7. The lowest BCUT2D eigenvalue weighted by molar-refractivity contribution is -0.121. The molecule has 0 aliphatic heterocycles. The standard InChI is InChI=1S/C18H22N4O2/c1-22(2)15(16-8-5-11-24-16)12-19-18(23)10-9-17-20-13-6-3-4-7-14(13)21-17/h3-8,11,15H,9-10,12H2,1-2H3,(H,19,23)(H,20,21). The first-order valence-corrected chi connectivity index (χ1v) is 8.03. The lowest BCUT2D eigenvalue weighted by atomic mass is 10.2. The van der Waals surface area contributed by atoms with Crippen LogP contribution in [0, 0.1) is 0 Å². The van der Waals surface area contributed by atoms with Crippen molar-refractivity contribution in [2.75, 3.05) is 20.6 Å². The topological polar surface area (TPSA) is 74.2 Å². The van der Waals surface area contributed by atoms with Crippen LogP contribution in [0.25, 0.3) is 11.0 Å². The summed E-state index contributed by atoms with van der Waals surface area (Å²) >= 11 is 0. The van der Waals surface area contributed by atoms with E-state index in [0.717, 1.165) is 22.6 Å². The Morgan fingerprint density at radius 2 is 2.12 bits per heavy atom. The first-order valence-electron chi connectivity index (χ1n) is 8.03. The van der Waals surface area contributed by atoms with Crippen LogP contribution in [-0.4, -0.2) is 41.4 Å². The highest BCUT2D eigenvalue weighted by Crippen LogP contribution is 2.17. The number of likely N-dealkylation sites (N-methyl/N-ethyl adjacent to an activating group) is 1. The number of aryl methyl sites for hydroxylation is 1. The minimum atomic E-state index is 0.00821. The summed E-state index contributed by atoms with van der Waals surface area (Å²) in [6.45, 7) is 0.513. The molecule has 2 N–H and O–H groups in total. The molecule has 1 atom stereocenters. The lowest BCUT2D eigenvalue weighted by Gasteiger charge is -2.22. The van der Waals surface area contributed by atoms with Crippen LogP contribution < -0.4 is 5.32 Å². The van der Waals surface area contributed by atoms with Crippen molar-refractivity contribution in [3.8, 4) is 0 Å². The molecule has 0 spiro atoms. The van der Waals surface area contributed by atoms with Gasteiger partial charge in [-0.05, 0) is 38.4 Å². The Morgan fingerprint density at radius 1 is 1.29 bits per heavy atom. The van der Waals surface area contributed by atoms with Crippen molar-refractivity contribution in [3.05, 3.63) is 54.2 Å². The van der Waals surface area contributed by atoms with Crippen molar-refractivity contribution in [1.29, 1.82) is 0 Å². The molecule has 0 saturated carbocycles. The Hall–Kier alpha value is -2.60. The molecule has 2 aromatic heterocycles. The van der Waals surface area contributed by atoms with E-state index in [9.17, 15) is 4.79 Å². The zero-order valence-electron chi connectivity index (χ0n) is 14.0. The molecule has 0 fully saturated rings. The molecule has 0 aliphatic rings. The third-order valence-corrected chi connectivity index (χ3v) is 4.01. The number of hydrogen-bond donors (Lipinski definition) is 2. The number of amides is 1. The fourth-order valence-corrected chi connectivity index (χ4v) is 2.67. The third-order valence-electron chi connectivity index (χ3n) is 4.01. The number of aromatic amines is 1. The maximum atomic E-state index is 12.1. The second-order valence-electron chi connectivity index (χ2n) is 6.00. The number of aromatic nitrogens is 2. The zero-order valence-corrected chi connectivity index (χ0v) is 14.0. The Labute approximate surface area is 140 Å². The van der Waals surface area contributed by atoms with E-state index in [2.05, 4.69) is 15.3 Å². The number of benzene rings is 1. The molecule has 3 rings (SSSR count). The van der Waals surface area contributed by atoms with Gasteiger partial charge in [0.15, 0.2) is 0 Å². The second kappa shape index (κ2) is 7.31. The van der Waals surface area contributed by atoms with Crippen molar-refractivity contribution in [1.82, 2.24) is 20.2 Å². The van der Waals surface area contributed by atoms with Crippen molar-refractivity contribution in [2.45, 2.75) is 18.9 Å². The van der Waals surface area contributed by atoms with Crippen LogP contribution in [0.4, 0.5) is 0 Å². The molecule has 126 valence electrons. The number of carbonyl (C=O) groups excluding carboxylic acids is 1. The highest BCUT2D eigenvalue weighted by molar-refractivity contribution is 5.77. The Bertz CT molecular complexity index is 759. The summed E-state index contributed by atoms with van der Waals surface area (Å²) in [5.74, 6) is 1.69. The normalized spacial score (nSPS) is 12.6. The van der Waals surface area contributed by atoms with E-state index in [-0.39, 0.29) is 11.9 Å². The molecule has 6 heteroatoms. The first kappa shape index (κ1) is 16.3. The average Bonchev–Trinajstić information content (AvgIpc) is 3.22. The van der Waals surface area contributed by atoms with Gasteiger partial charge in [0.05, 0.1) is 23.3 Å². The van der Waals surface area contributed by atoms with Gasteiger partial charge in [0.1, 0.15) is 11.6 Å². The van der Waals surface area contributed by atoms with Crippen molar-refractivity contribution >= 4 is 16.9 Å². The summed E-state index contributed by atoms with van der Waals surface area (Å²) in [7, 11) is 3.93. The minimum absolute atomic E-state index is 0.00821. The molecule has 0 aliphatic carbocycles. The van der Waals surface area contributed by atoms with E-state index < -0.39 is 0 Å². The maximum Gasteiger partial charge on any atom is 0.220 e. The Kier molecular flexibility index (Phi) is 4.96. The number of fused-ring (bicyclic) bond motifs is 1. The molecule has 24 heavy (non-hydrogen) atoms. The van der Waals surface area contributed by atoms with E-state index in [1.54, 1.807) is 6.26 Å². The predicted molar refractivity (Wildman–Crippen MR) is 92.6 cm³/mol. The van der Waals surface area contributed by atoms with Gasteiger partial charge in [0.2, 0.25) is 5.91 Å². The van der Waals surface area contributed by atoms with Gasteiger partial charge in [-0.25, -0.2) is 4.98 Å². The fourth-order valence-electron chi connectivity index (χ4n) is 2.67. The number of nitrogens with zero attached hydrogens (tertiary/aromatic N) is 2. The summed E-state index contributed by atoms with van der Waals surface area (Å²) in [6.07, 6.45) is 2.64. The van der Waals surface area contributed by atoms with Gasteiger partial charge in [-0.3, -0.25) is 9.69 Å². The molecular weight excluding hydrogens is 304 g/mol. The molecule has 6 nitrogen and oxygen atoms in total. The van der Waals surface area contributed by atoms with Crippen LogP contribution >= 0.6 is 0 Å². The SMILES string of the molecule is CN(C)C(CNC(=O)CCc1nc2ccccc2[nH]1)c1ccco1. The number of hydrogen-bond acceptors (Lipinski definition) is 4. The third kappa shape index (κ3) is 3.83. The summed E-state index contributed by atoms with van der Waals surface area (Å²) in [6, 6.07) is 11.7. The fraction of sp³-hybridized carbons (Fsp3) is 0.333. The maximum absolute atomic E-state index is 12.1. The van der Waals surface area contributed by atoms with Crippen LogP contribution in [0.3, 0.4) is 0 Å². The van der Waals surface area contributed by atoms with Gasteiger partial charge in [0, 0.05) is 19.4 Å². The number of furan rings is 1. The van der Waals surface area contributed by atoms with E-state index in [0.29, 0.717) is 19.4 Å². The van der Waals surface area contributed by atoms with Crippen molar-refractivity contribution in [3.63, 3.8) is 0 Å². The van der Waals surface area contributed by atoms with Crippen LogP contribution in [0.2, 0.25) is 0 Å². The molecule has 1 unspecified atom stereocenters. The molecule has 0 radical (unpaired) electrons. The number of H-pyrrole nitrogens is 1. The molecule has 1 amide bonds. The first-order chi connectivity index (χ1) is 11.6. The molecule has 2 heterocycles. The predicted octanol–water partition coefficient (Wildman–Crippen LogP) is 2.51. The van der Waals surface area contributed by atoms with Gasteiger partial charge in [0.25, 0.3) is 0 Å². The van der Waals surface area contributed by atoms with E-state index in [1.165, 1.54) is 0 Å². The Balaban J connectivity index is 1.51. The van der Waals surface area contributed by atoms with E-state index >= 15 is 0 Å². The number of nitrogens with one attached hydrogen (secondary N) is 2. The van der Waals surface area contributed by atoms with Crippen molar-refractivity contribution < 1.29 is 9.21 Å². The van der Waals surface area contributed by atoms with Gasteiger partial charge in [-0.15, -0.1) is 0 Å². The molecular formula is C18H22N4O2. The van der Waals surface area contributed by atoms with Crippen LogP contribution in [0.1, 0.15) is 24.0 Å². The van der Waals surface area contributed by atoms with Gasteiger partial charge in [-0.1, -0.05) is 12.1 Å². The lowest BCUT2D eigenvalue weighted by Crippen LogP contribution is -2.34. The summed E-state index contributed by atoms with van der Waals surface area (Å²) in [5.41, 5.74) is 1.93. The largest absolute Gasteiger partial charge is 0.468 e. The molecule has 0 saturated heterocycles. The average molecular weight is 326 g/mol. The summed E-state index contributed by atoms with van der Waals surface area (Å²) in [4.78, 5) is 21.9. The summed E-state index contributed by atoms with van der Waals surface area (Å²) < 4.78 is 5.44. The monoisotopic (exact) mass is 326 g/mol. The molecule has 1 aromatic carbocycles. The van der Waals surface area contributed by atoms with E-state index in [1.807, 2.05) is 55.4 Å². The smallest absolute Gasteiger partial charge is 0.220 e. The molecule has 3 aromatic rings. The van der Waals surface area contributed by atoms with Gasteiger partial charge < -0.3 is 14.7 Å². The van der Waals surface area contributed by atoms with Gasteiger partial charge >= 0.3 is 0 Å². The zero-order chi connectivity index (χ0) is 16.9. The van der Waals surface area contributed by atoms with Crippen LogP contribution in [0.5, 0.6) is 0 Å². The highest BCUT2D eigenvalue weighted by Gasteiger charge is 2.17. The van der Waals surface area contributed by atoms with E-state index in [4.69, 9.17) is 4.42 Å². The Morgan fingerprint density at radius 3 is 2.83 bits per heavy atom. The number of para-hydroxylation sites is 2. The number of imidazole rings is 1. The number of carbonyl (C=O) groups is 1. The highest BCUT2D eigenvalue weighted by atomic mass is 16.3.